The van der Waals surface area contributed by atoms with Crippen molar-refractivity contribution in [3.8, 4) is 11.5 Å². The molecule has 8 heteroatoms. The van der Waals surface area contributed by atoms with E-state index < -0.39 is 16.0 Å². The van der Waals surface area contributed by atoms with Gasteiger partial charge in [0.2, 0.25) is 0 Å². The Morgan fingerprint density at radius 2 is 1.57 bits per heavy atom. The minimum absolute atomic E-state index is 0.0625. The van der Waals surface area contributed by atoms with Crippen LogP contribution in [0.15, 0.2) is 88.9 Å². The monoisotopic (exact) mass is 396 g/mol. The van der Waals surface area contributed by atoms with E-state index in [-0.39, 0.29) is 22.0 Å². The normalized spacial score (nSPS) is 11.3. The Morgan fingerprint density at radius 1 is 0.929 bits per heavy atom. The quantitative estimate of drug-likeness (QED) is 0.379. The molecule has 1 amide bonds. The zero-order valence-electron chi connectivity index (χ0n) is 14.5. The van der Waals surface area contributed by atoms with Gasteiger partial charge >= 0.3 is 10.1 Å². The van der Waals surface area contributed by atoms with Crippen LogP contribution in [0.1, 0.15) is 15.9 Å². The Bertz CT molecular complexity index is 1090. The Morgan fingerprint density at radius 3 is 2.25 bits per heavy atom. The van der Waals surface area contributed by atoms with Crippen molar-refractivity contribution < 1.29 is 22.5 Å². The molecule has 0 aromatic heterocycles. The van der Waals surface area contributed by atoms with Crippen molar-refractivity contribution in [2.24, 2.45) is 5.10 Å². The summed E-state index contributed by atoms with van der Waals surface area (Å²) in [7, 11) is -3.90. The van der Waals surface area contributed by atoms with E-state index in [2.05, 4.69) is 10.5 Å². The fourth-order valence-electron chi connectivity index (χ4n) is 2.26. The number of carbonyl (C=O) groups is 1. The molecule has 7 nitrogen and oxygen atoms in total. The minimum atomic E-state index is -3.90. The van der Waals surface area contributed by atoms with Gasteiger partial charge in [-0.2, -0.15) is 13.5 Å². The average Bonchev–Trinajstić information content (AvgIpc) is 2.70. The third-order valence-electron chi connectivity index (χ3n) is 3.65. The highest BCUT2D eigenvalue weighted by molar-refractivity contribution is 7.87. The van der Waals surface area contributed by atoms with Crippen molar-refractivity contribution in [3.05, 3.63) is 90.0 Å². The molecule has 2 N–H and O–H groups in total. The molecule has 0 saturated heterocycles. The van der Waals surface area contributed by atoms with E-state index in [1.807, 2.05) is 0 Å². The van der Waals surface area contributed by atoms with E-state index in [4.69, 9.17) is 4.18 Å². The number of hydrogen-bond acceptors (Lipinski definition) is 6. The number of hydrogen-bond donors (Lipinski definition) is 2. The molecule has 0 atom stereocenters. The van der Waals surface area contributed by atoms with Crippen molar-refractivity contribution >= 4 is 22.2 Å². The summed E-state index contributed by atoms with van der Waals surface area (Å²) in [5.74, 6) is -0.543. The highest BCUT2D eigenvalue weighted by atomic mass is 32.2. The largest absolute Gasteiger partial charge is 0.507 e. The van der Waals surface area contributed by atoms with E-state index in [9.17, 15) is 18.3 Å². The van der Waals surface area contributed by atoms with Crippen LogP contribution in [0.4, 0.5) is 0 Å². The van der Waals surface area contributed by atoms with E-state index in [0.29, 0.717) is 5.56 Å². The number of rotatable bonds is 6. The topological polar surface area (TPSA) is 105 Å². The number of carbonyl (C=O) groups excluding carboxylic acids is 1. The summed E-state index contributed by atoms with van der Waals surface area (Å²) in [6, 6.07) is 20.1. The maximum absolute atomic E-state index is 12.2. The molecular formula is C20H16N2O5S. The first kappa shape index (κ1) is 19.1. The summed E-state index contributed by atoms with van der Waals surface area (Å²) in [6.07, 6.45) is 1.38. The second-order valence-electron chi connectivity index (χ2n) is 5.64. The minimum Gasteiger partial charge on any atom is -0.507 e. The molecule has 0 fully saturated rings. The average molecular weight is 396 g/mol. The Balaban J connectivity index is 1.62. The molecule has 3 aromatic carbocycles. The fourth-order valence-corrected chi connectivity index (χ4v) is 3.21. The Hall–Kier alpha value is -3.65. The van der Waals surface area contributed by atoms with Crippen molar-refractivity contribution in [1.29, 1.82) is 0 Å². The lowest BCUT2D eigenvalue weighted by atomic mass is 10.2. The van der Waals surface area contributed by atoms with Crippen LogP contribution in [0.3, 0.4) is 0 Å². The second kappa shape index (κ2) is 8.36. The van der Waals surface area contributed by atoms with Gasteiger partial charge in [0.1, 0.15) is 16.4 Å². The van der Waals surface area contributed by atoms with Crippen LogP contribution >= 0.6 is 0 Å². The molecule has 3 aromatic rings. The van der Waals surface area contributed by atoms with Gasteiger partial charge in [-0.1, -0.05) is 30.3 Å². The summed E-state index contributed by atoms with van der Waals surface area (Å²) in [6.45, 7) is 0. The van der Waals surface area contributed by atoms with E-state index >= 15 is 0 Å². The summed E-state index contributed by atoms with van der Waals surface area (Å²) >= 11 is 0. The molecule has 0 radical (unpaired) electrons. The van der Waals surface area contributed by atoms with Crippen molar-refractivity contribution in [3.63, 3.8) is 0 Å². The van der Waals surface area contributed by atoms with Gasteiger partial charge < -0.3 is 9.29 Å². The van der Waals surface area contributed by atoms with Gasteiger partial charge in [0.15, 0.2) is 0 Å². The van der Waals surface area contributed by atoms with Crippen LogP contribution in [-0.2, 0) is 10.1 Å². The molecule has 0 unspecified atom stereocenters. The molecule has 0 aliphatic carbocycles. The Labute approximate surface area is 162 Å². The van der Waals surface area contributed by atoms with Gasteiger partial charge in [-0.15, -0.1) is 0 Å². The highest BCUT2D eigenvalue weighted by Crippen LogP contribution is 2.19. The summed E-state index contributed by atoms with van der Waals surface area (Å²) < 4.78 is 29.4. The first-order chi connectivity index (χ1) is 13.5. The smallest absolute Gasteiger partial charge is 0.339 e. The molecule has 0 heterocycles. The summed E-state index contributed by atoms with van der Waals surface area (Å²) in [5.41, 5.74) is 3.03. The number of phenolic OH excluding ortho intramolecular Hbond substituents is 1. The first-order valence-corrected chi connectivity index (χ1v) is 9.57. The number of phenols is 1. The van der Waals surface area contributed by atoms with Crippen molar-refractivity contribution in [2.45, 2.75) is 4.90 Å². The predicted octanol–water partition coefficient (Wildman–Crippen LogP) is 2.92. The summed E-state index contributed by atoms with van der Waals surface area (Å²) in [4.78, 5) is 12.0. The van der Waals surface area contributed by atoms with Crippen LogP contribution < -0.4 is 9.61 Å². The number of amides is 1. The lowest BCUT2D eigenvalue weighted by Gasteiger charge is -2.07. The van der Waals surface area contributed by atoms with Crippen LogP contribution in [0.5, 0.6) is 11.5 Å². The Kier molecular flexibility index (Phi) is 5.71. The molecule has 0 aliphatic rings. The number of hydrazone groups is 1. The maximum Gasteiger partial charge on any atom is 0.339 e. The molecule has 28 heavy (non-hydrogen) atoms. The number of para-hydroxylation sites is 1. The van der Waals surface area contributed by atoms with Crippen LogP contribution in [0, 0.1) is 0 Å². The molecule has 0 spiro atoms. The zero-order chi connectivity index (χ0) is 20.0. The lowest BCUT2D eigenvalue weighted by molar-refractivity contribution is 0.0952. The van der Waals surface area contributed by atoms with Gasteiger partial charge in [-0.3, -0.25) is 4.79 Å². The zero-order valence-corrected chi connectivity index (χ0v) is 15.3. The van der Waals surface area contributed by atoms with E-state index in [0.717, 1.165) is 0 Å². The van der Waals surface area contributed by atoms with Crippen LogP contribution in [0.2, 0.25) is 0 Å². The highest BCUT2D eigenvalue weighted by Gasteiger charge is 2.15. The summed E-state index contributed by atoms with van der Waals surface area (Å²) in [5, 5.41) is 13.4. The van der Waals surface area contributed by atoms with Crippen LogP contribution in [-0.4, -0.2) is 25.6 Å². The molecule has 3 rings (SSSR count). The molecular weight excluding hydrogens is 380 g/mol. The standard InChI is InChI=1S/C20H16N2O5S/c23-19-9-5-4-8-18(19)20(24)22-21-14-15-10-12-16(13-11-15)27-28(25,26)17-6-2-1-3-7-17/h1-14,23H,(H,22,24). The predicted molar refractivity (Wildman–Crippen MR) is 104 cm³/mol. The van der Waals surface area contributed by atoms with E-state index in [1.54, 1.807) is 42.5 Å². The molecule has 142 valence electrons. The molecule has 0 saturated carbocycles. The van der Waals surface area contributed by atoms with Gasteiger partial charge in [0.05, 0.1) is 11.8 Å². The number of nitrogens with one attached hydrogen (secondary N) is 1. The third kappa shape index (κ3) is 4.74. The number of nitrogens with zero attached hydrogens (tertiary/aromatic N) is 1. The van der Waals surface area contributed by atoms with Gasteiger partial charge in [-0.25, -0.2) is 5.43 Å². The fraction of sp³-hybridized carbons (Fsp3) is 0. The number of benzene rings is 3. The molecule has 0 bridgehead atoms. The molecule has 0 aliphatic heterocycles. The van der Waals surface area contributed by atoms with Crippen molar-refractivity contribution in [1.82, 2.24) is 5.43 Å². The van der Waals surface area contributed by atoms with Crippen LogP contribution in [0.25, 0.3) is 0 Å². The maximum atomic E-state index is 12.2. The first-order valence-electron chi connectivity index (χ1n) is 8.17. The SMILES string of the molecule is O=C(NN=Cc1ccc(OS(=O)(=O)c2ccccc2)cc1)c1ccccc1O. The van der Waals surface area contributed by atoms with Gasteiger partial charge in [0, 0.05) is 0 Å². The number of aromatic hydroxyl groups is 1. The lowest BCUT2D eigenvalue weighted by Crippen LogP contribution is -2.17. The third-order valence-corrected chi connectivity index (χ3v) is 4.91. The second-order valence-corrected chi connectivity index (χ2v) is 7.18. The van der Waals surface area contributed by atoms with Gasteiger partial charge in [-0.05, 0) is 54.1 Å². The van der Waals surface area contributed by atoms with Crippen molar-refractivity contribution in [2.75, 3.05) is 0 Å². The van der Waals surface area contributed by atoms with Gasteiger partial charge in [0.25, 0.3) is 5.91 Å². The van der Waals surface area contributed by atoms with E-state index in [1.165, 1.54) is 42.6 Å².